The van der Waals surface area contributed by atoms with Gasteiger partial charge in [-0.05, 0) is 25.8 Å². The zero-order chi connectivity index (χ0) is 16.1. The third kappa shape index (κ3) is 5.53. The third-order valence-corrected chi connectivity index (χ3v) is 4.31. The number of nitrogens with zero attached hydrogens (tertiary/aromatic N) is 1. The highest BCUT2D eigenvalue weighted by Crippen LogP contribution is 2.20. The van der Waals surface area contributed by atoms with Gasteiger partial charge in [0.15, 0.2) is 0 Å². The molecule has 0 aliphatic carbocycles. The maximum absolute atomic E-state index is 12.0. The summed E-state index contributed by atoms with van der Waals surface area (Å²) in [5, 5.41) is 18.1. The molecule has 21 heavy (non-hydrogen) atoms. The van der Waals surface area contributed by atoms with Gasteiger partial charge >= 0.3 is 5.97 Å². The summed E-state index contributed by atoms with van der Waals surface area (Å²) < 4.78 is 26.2. The maximum Gasteiger partial charge on any atom is 0.326 e. The van der Waals surface area contributed by atoms with Crippen LogP contribution in [0.25, 0.3) is 0 Å². The zero-order valence-corrected chi connectivity index (χ0v) is 12.7. The van der Waals surface area contributed by atoms with Gasteiger partial charge in [0.1, 0.15) is 6.04 Å². The van der Waals surface area contributed by atoms with Crippen LogP contribution in [0.4, 0.5) is 0 Å². The monoisotopic (exact) mass is 310 g/mol. The van der Waals surface area contributed by atoms with Crippen LogP contribution in [0.3, 0.4) is 0 Å². The van der Waals surface area contributed by atoms with Crippen LogP contribution in [-0.2, 0) is 14.8 Å². The van der Waals surface area contributed by atoms with Crippen LogP contribution in [-0.4, -0.2) is 25.2 Å². The lowest BCUT2D eigenvalue weighted by atomic mass is 9.93. The van der Waals surface area contributed by atoms with E-state index < -0.39 is 27.4 Å². The van der Waals surface area contributed by atoms with Crippen molar-refractivity contribution in [3.63, 3.8) is 0 Å². The molecule has 0 amide bonds. The number of carbonyl (C=O) groups is 1. The summed E-state index contributed by atoms with van der Waals surface area (Å²) in [6.07, 6.45) is 0.125. The summed E-state index contributed by atoms with van der Waals surface area (Å²) in [4.78, 5) is 11.3. The second kappa shape index (κ2) is 6.70. The predicted octanol–water partition coefficient (Wildman–Crippen LogP) is 1.67. The van der Waals surface area contributed by atoms with Crippen molar-refractivity contribution in [2.45, 2.75) is 26.3 Å². The standard InChI is InChI=1S/C14H18N2O4S/c1-14(2,10-15)8-9-21(19,20)16-12(13(17)18)11-6-4-3-5-7-11/h3-7,12,16H,8-9H2,1-2H3,(H,17,18)/t12-/m0/s1. The fourth-order valence-corrected chi connectivity index (χ4v) is 3.08. The molecule has 1 aromatic carbocycles. The second-order valence-electron chi connectivity index (χ2n) is 5.36. The average molecular weight is 310 g/mol. The Morgan fingerprint density at radius 1 is 1.38 bits per heavy atom. The number of hydrogen-bond donors (Lipinski definition) is 2. The number of carboxylic acids is 1. The molecule has 0 fully saturated rings. The summed E-state index contributed by atoms with van der Waals surface area (Å²) in [5.41, 5.74) is -0.423. The Labute approximate surface area is 124 Å². The van der Waals surface area contributed by atoms with Crippen LogP contribution >= 0.6 is 0 Å². The Bertz CT molecular complexity index is 633. The van der Waals surface area contributed by atoms with E-state index in [4.69, 9.17) is 5.26 Å². The van der Waals surface area contributed by atoms with E-state index in [1.54, 1.807) is 44.2 Å². The highest BCUT2D eigenvalue weighted by molar-refractivity contribution is 7.89. The van der Waals surface area contributed by atoms with Gasteiger partial charge in [-0.25, -0.2) is 8.42 Å². The van der Waals surface area contributed by atoms with Crippen LogP contribution in [0.15, 0.2) is 30.3 Å². The van der Waals surface area contributed by atoms with Gasteiger partial charge in [0.2, 0.25) is 10.0 Å². The molecule has 0 radical (unpaired) electrons. The molecule has 1 atom stereocenters. The molecule has 0 saturated heterocycles. The molecule has 1 aromatic rings. The summed E-state index contributed by atoms with van der Waals surface area (Å²) in [6, 6.07) is 8.75. The van der Waals surface area contributed by atoms with Crippen LogP contribution < -0.4 is 4.72 Å². The SMILES string of the molecule is CC(C)(C#N)CCS(=O)(=O)N[C@H](C(=O)O)c1ccccc1. The van der Waals surface area contributed by atoms with Crippen LogP contribution in [0, 0.1) is 16.7 Å². The highest BCUT2D eigenvalue weighted by Gasteiger charge is 2.27. The number of nitriles is 1. The number of hydrogen-bond acceptors (Lipinski definition) is 4. The van der Waals surface area contributed by atoms with Crippen molar-refractivity contribution in [3.8, 4) is 6.07 Å². The summed E-state index contributed by atoms with van der Waals surface area (Å²) in [5.74, 6) is -1.58. The molecule has 0 heterocycles. The van der Waals surface area contributed by atoms with E-state index in [1.807, 2.05) is 6.07 Å². The molecule has 0 bridgehead atoms. The van der Waals surface area contributed by atoms with Crippen molar-refractivity contribution in [1.82, 2.24) is 4.72 Å². The van der Waals surface area contributed by atoms with Gasteiger partial charge in [0.05, 0.1) is 17.2 Å². The lowest BCUT2D eigenvalue weighted by Crippen LogP contribution is -2.36. The van der Waals surface area contributed by atoms with Crippen LogP contribution in [0.1, 0.15) is 31.9 Å². The lowest BCUT2D eigenvalue weighted by molar-refractivity contribution is -0.139. The zero-order valence-electron chi connectivity index (χ0n) is 11.9. The summed E-state index contributed by atoms with van der Waals surface area (Å²) in [6.45, 7) is 3.27. The van der Waals surface area contributed by atoms with Crippen molar-refractivity contribution in [2.24, 2.45) is 5.41 Å². The Balaban J connectivity index is 2.85. The second-order valence-corrected chi connectivity index (χ2v) is 7.24. The number of sulfonamides is 1. The smallest absolute Gasteiger partial charge is 0.326 e. The Hall–Kier alpha value is -1.91. The Kier molecular flexibility index (Phi) is 5.47. The number of aliphatic carboxylic acids is 1. The van der Waals surface area contributed by atoms with Crippen molar-refractivity contribution in [2.75, 3.05) is 5.75 Å². The predicted molar refractivity (Wildman–Crippen MR) is 77.8 cm³/mol. The molecule has 0 aliphatic heterocycles. The van der Waals surface area contributed by atoms with E-state index in [-0.39, 0.29) is 12.2 Å². The number of carboxylic acid groups (broad SMARTS) is 1. The topological polar surface area (TPSA) is 107 Å². The maximum atomic E-state index is 12.0. The number of rotatable bonds is 7. The Morgan fingerprint density at radius 2 is 1.95 bits per heavy atom. The first kappa shape index (κ1) is 17.1. The number of benzene rings is 1. The van der Waals surface area contributed by atoms with E-state index in [9.17, 15) is 18.3 Å². The summed E-state index contributed by atoms with van der Waals surface area (Å²) in [7, 11) is -3.80. The largest absolute Gasteiger partial charge is 0.480 e. The molecule has 6 nitrogen and oxygen atoms in total. The van der Waals surface area contributed by atoms with E-state index in [0.717, 1.165) is 0 Å². The first-order chi connectivity index (χ1) is 9.67. The Morgan fingerprint density at radius 3 is 2.43 bits per heavy atom. The lowest BCUT2D eigenvalue weighted by Gasteiger charge is -2.18. The van der Waals surface area contributed by atoms with E-state index >= 15 is 0 Å². The molecule has 0 aromatic heterocycles. The van der Waals surface area contributed by atoms with Gasteiger partial charge in [-0.1, -0.05) is 30.3 Å². The van der Waals surface area contributed by atoms with Crippen molar-refractivity contribution in [3.05, 3.63) is 35.9 Å². The minimum absolute atomic E-state index is 0.125. The highest BCUT2D eigenvalue weighted by atomic mass is 32.2. The van der Waals surface area contributed by atoms with Gasteiger partial charge in [-0.3, -0.25) is 4.79 Å². The molecular weight excluding hydrogens is 292 g/mol. The molecule has 114 valence electrons. The fraction of sp³-hybridized carbons (Fsp3) is 0.429. The first-order valence-corrected chi connectivity index (χ1v) is 8.01. The third-order valence-electron chi connectivity index (χ3n) is 2.98. The average Bonchev–Trinajstić information content (AvgIpc) is 2.44. The summed E-state index contributed by atoms with van der Waals surface area (Å²) >= 11 is 0. The molecule has 7 heteroatoms. The van der Waals surface area contributed by atoms with Crippen molar-refractivity contribution >= 4 is 16.0 Å². The molecule has 0 spiro atoms. The van der Waals surface area contributed by atoms with Crippen molar-refractivity contribution in [1.29, 1.82) is 5.26 Å². The molecule has 0 saturated carbocycles. The van der Waals surface area contributed by atoms with Gasteiger partial charge in [-0.2, -0.15) is 9.98 Å². The molecule has 0 unspecified atom stereocenters. The van der Waals surface area contributed by atoms with Gasteiger partial charge in [0.25, 0.3) is 0 Å². The molecule has 1 rings (SSSR count). The normalized spacial score (nSPS) is 13.4. The van der Waals surface area contributed by atoms with E-state index in [0.29, 0.717) is 5.56 Å². The van der Waals surface area contributed by atoms with E-state index in [1.165, 1.54) is 0 Å². The van der Waals surface area contributed by atoms with Gasteiger partial charge in [-0.15, -0.1) is 0 Å². The molecular formula is C14H18N2O4S. The molecule has 0 aliphatic rings. The van der Waals surface area contributed by atoms with Gasteiger partial charge < -0.3 is 5.11 Å². The van der Waals surface area contributed by atoms with Crippen LogP contribution in [0.5, 0.6) is 0 Å². The minimum Gasteiger partial charge on any atom is -0.480 e. The van der Waals surface area contributed by atoms with Crippen molar-refractivity contribution < 1.29 is 18.3 Å². The first-order valence-electron chi connectivity index (χ1n) is 6.36. The molecule has 2 N–H and O–H groups in total. The quantitative estimate of drug-likeness (QED) is 0.796. The van der Waals surface area contributed by atoms with E-state index in [2.05, 4.69) is 4.72 Å². The fourth-order valence-electron chi connectivity index (χ4n) is 1.59. The van der Waals surface area contributed by atoms with Crippen LogP contribution in [0.2, 0.25) is 0 Å². The van der Waals surface area contributed by atoms with Gasteiger partial charge in [0, 0.05) is 0 Å². The minimum atomic E-state index is -3.80. The number of nitrogens with one attached hydrogen (secondary N) is 1.